The van der Waals surface area contributed by atoms with Crippen LogP contribution in [0, 0.1) is 0 Å². The Labute approximate surface area is 173 Å². The largest absolute Gasteiger partial charge is 0.455 e. The lowest BCUT2D eigenvalue weighted by molar-refractivity contribution is -0.144. The predicted octanol–water partition coefficient (Wildman–Crippen LogP) is 5.33. The molecule has 0 heterocycles. The van der Waals surface area contributed by atoms with Crippen LogP contribution in [0.4, 0.5) is 5.69 Å². The van der Waals surface area contributed by atoms with E-state index in [1.54, 1.807) is 0 Å². The topological polar surface area (TPSA) is 55.4 Å². The van der Waals surface area contributed by atoms with Crippen molar-refractivity contribution in [2.45, 2.75) is 18.2 Å². The van der Waals surface area contributed by atoms with Gasteiger partial charge in [-0.25, -0.2) is 0 Å². The second-order valence-electron chi connectivity index (χ2n) is 6.10. The summed E-state index contributed by atoms with van der Waals surface area (Å²) in [4.78, 5) is 25.0. The van der Waals surface area contributed by atoms with E-state index in [-0.39, 0.29) is 18.3 Å². The smallest absolute Gasteiger partial charge is 0.316 e. The minimum atomic E-state index is -0.451. The van der Waals surface area contributed by atoms with Crippen molar-refractivity contribution in [2.75, 3.05) is 17.7 Å². The fraction of sp³-hybridized carbons (Fsp3) is 0.182. The number of hydrogen-bond donors (Lipinski definition) is 1. The molecule has 144 valence electrons. The number of hydrogen-bond acceptors (Lipinski definition) is 4. The van der Waals surface area contributed by atoms with Crippen LogP contribution in [0.1, 0.15) is 12.5 Å². The highest BCUT2D eigenvalue weighted by Crippen LogP contribution is 2.33. The Morgan fingerprint density at radius 2 is 1.79 bits per heavy atom. The van der Waals surface area contributed by atoms with Gasteiger partial charge in [0.25, 0.3) is 5.91 Å². The van der Waals surface area contributed by atoms with E-state index in [2.05, 4.69) is 5.32 Å². The molecule has 0 radical (unpaired) electrons. The molecule has 3 aromatic carbocycles. The number of halogens is 1. The molecule has 0 saturated carbocycles. The summed E-state index contributed by atoms with van der Waals surface area (Å²) in [6.07, 6.45) is 0.806. The van der Waals surface area contributed by atoms with Crippen molar-refractivity contribution in [2.24, 2.45) is 0 Å². The summed E-state index contributed by atoms with van der Waals surface area (Å²) in [5, 5.41) is 5.35. The van der Waals surface area contributed by atoms with Crippen molar-refractivity contribution in [3.63, 3.8) is 0 Å². The quantitative estimate of drug-likeness (QED) is 0.420. The molecule has 1 amide bonds. The lowest BCUT2D eigenvalue weighted by Crippen LogP contribution is -2.22. The molecule has 0 bridgehead atoms. The summed E-state index contributed by atoms with van der Waals surface area (Å²) in [5.74, 6) is -0.705. The van der Waals surface area contributed by atoms with Crippen LogP contribution >= 0.6 is 23.4 Å². The first kappa shape index (κ1) is 20.2. The molecule has 0 unspecified atom stereocenters. The van der Waals surface area contributed by atoms with Crippen LogP contribution in [0.5, 0.6) is 0 Å². The Morgan fingerprint density at radius 3 is 2.57 bits per heavy atom. The first-order valence-corrected chi connectivity index (χ1v) is 10.3. The third-order valence-electron chi connectivity index (χ3n) is 4.20. The third kappa shape index (κ3) is 5.06. The minimum absolute atomic E-state index is 0.100. The number of carbonyl (C=O) groups is 2. The van der Waals surface area contributed by atoms with Gasteiger partial charge in [0.05, 0.1) is 5.75 Å². The lowest BCUT2D eigenvalue weighted by atomic mass is 10.1. The van der Waals surface area contributed by atoms with Gasteiger partial charge in [-0.05, 0) is 35.6 Å². The molecule has 0 saturated heterocycles. The molecule has 4 nitrogen and oxygen atoms in total. The first-order valence-electron chi connectivity index (χ1n) is 8.92. The number of benzene rings is 3. The maximum Gasteiger partial charge on any atom is 0.316 e. The number of anilines is 1. The summed E-state index contributed by atoms with van der Waals surface area (Å²) in [7, 11) is 0. The number of para-hydroxylation sites is 1. The van der Waals surface area contributed by atoms with Gasteiger partial charge in [-0.15, -0.1) is 11.8 Å². The third-order valence-corrected chi connectivity index (χ3v) is 5.54. The van der Waals surface area contributed by atoms with E-state index in [1.807, 2.05) is 67.6 Å². The monoisotopic (exact) mass is 413 g/mol. The highest BCUT2D eigenvalue weighted by Gasteiger charge is 2.12. The Kier molecular flexibility index (Phi) is 6.95. The van der Waals surface area contributed by atoms with E-state index in [1.165, 1.54) is 11.8 Å². The van der Waals surface area contributed by atoms with Crippen molar-refractivity contribution >= 4 is 51.7 Å². The lowest BCUT2D eigenvalue weighted by Gasteiger charge is -2.10. The van der Waals surface area contributed by atoms with Gasteiger partial charge in [-0.3, -0.25) is 9.59 Å². The van der Waals surface area contributed by atoms with Gasteiger partial charge < -0.3 is 10.1 Å². The van der Waals surface area contributed by atoms with E-state index < -0.39 is 5.97 Å². The Hall–Kier alpha value is -2.50. The minimum Gasteiger partial charge on any atom is -0.455 e. The van der Waals surface area contributed by atoms with E-state index in [0.717, 1.165) is 33.3 Å². The number of nitrogens with one attached hydrogen (secondary N) is 1. The maximum absolute atomic E-state index is 12.1. The maximum atomic E-state index is 12.1. The standard InChI is InChI=1S/C22H20ClNO3S/c1-2-15-7-3-4-11-18(15)24-20(25)13-27-21(26)14-28-19-12-6-9-16-8-5-10-17(23)22(16)19/h3-12H,2,13-14H2,1H3,(H,24,25). The molecular weight excluding hydrogens is 394 g/mol. The number of thioether (sulfide) groups is 1. The highest BCUT2D eigenvalue weighted by molar-refractivity contribution is 8.00. The number of rotatable bonds is 7. The summed E-state index contributed by atoms with van der Waals surface area (Å²) in [6, 6.07) is 19.1. The molecule has 0 aromatic heterocycles. The zero-order valence-corrected chi connectivity index (χ0v) is 17.0. The number of aryl methyl sites for hydroxylation is 1. The molecule has 3 rings (SSSR count). The van der Waals surface area contributed by atoms with Crippen molar-refractivity contribution < 1.29 is 14.3 Å². The van der Waals surface area contributed by atoms with Crippen molar-refractivity contribution in [1.82, 2.24) is 0 Å². The van der Waals surface area contributed by atoms with Gasteiger partial charge in [0.15, 0.2) is 6.61 Å². The van der Waals surface area contributed by atoms with E-state index in [0.29, 0.717) is 5.02 Å². The van der Waals surface area contributed by atoms with Crippen molar-refractivity contribution in [3.05, 3.63) is 71.2 Å². The number of ether oxygens (including phenoxy) is 1. The van der Waals surface area contributed by atoms with Crippen LogP contribution in [0.3, 0.4) is 0 Å². The summed E-state index contributed by atoms with van der Waals surface area (Å²) in [5.41, 5.74) is 1.77. The molecule has 0 fully saturated rings. The highest BCUT2D eigenvalue weighted by atomic mass is 35.5. The second kappa shape index (κ2) is 9.62. The van der Waals surface area contributed by atoms with E-state index >= 15 is 0 Å². The molecule has 0 aliphatic rings. The Bertz CT molecular complexity index is 1000. The van der Waals surface area contributed by atoms with Gasteiger partial charge in [0.1, 0.15) is 0 Å². The van der Waals surface area contributed by atoms with Gasteiger partial charge in [-0.2, -0.15) is 0 Å². The fourth-order valence-corrected chi connectivity index (χ4v) is 4.09. The van der Waals surface area contributed by atoms with Gasteiger partial charge >= 0.3 is 5.97 Å². The van der Waals surface area contributed by atoms with Crippen molar-refractivity contribution in [1.29, 1.82) is 0 Å². The number of esters is 1. The molecule has 3 aromatic rings. The van der Waals surface area contributed by atoms with Crippen LogP contribution in [-0.4, -0.2) is 24.2 Å². The van der Waals surface area contributed by atoms with Crippen LogP contribution in [0.25, 0.3) is 10.8 Å². The fourth-order valence-electron chi connectivity index (χ4n) is 2.84. The molecule has 0 spiro atoms. The van der Waals surface area contributed by atoms with E-state index in [9.17, 15) is 9.59 Å². The number of amides is 1. The molecule has 0 atom stereocenters. The van der Waals surface area contributed by atoms with Gasteiger partial charge in [0.2, 0.25) is 0 Å². The molecule has 6 heteroatoms. The van der Waals surface area contributed by atoms with Crippen LogP contribution in [0.2, 0.25) is 5.02 Å². The van der Waals surface area contributed by atoms with E-state index in [4.69, 9.17) is 16.3 Å². The summed E-state index contributed by atoms with van der Waals surface area (Å²) >= 11 is 7.64. The predicted molar refractivity (Wildman–Crippen MR) is 115 cm³/mol. The Balaban J connectivity index is 1.53. The zero-order valence-electron chi connectivity index (χ0n) is 15.4. The zero-order chi connectivity index (χ0) is 19.9. The first-order chi connectivity index (χ1) is 13.6. The average Bonchev–Trinajstić information content (AvgIpc) is 2.71. The van der Waals surface area contributed by atoms with Crippen LogP contribution in [-0.2, 0) is 20.7 Å². The molecule has 28 heavy (non-hydrogen) atoms. The molecule has 0 aliphatic carbocycles. The second-order valence-corrected chi connectivity index (χ2v) is 7.53. The van der Waals surface area contributed by atoms with Crippen LogP contribution in [0.15, 0.2) is 65.6 Å². The molecular formula is C22H20ClNO3S. The Morgan fingerprint density at radius 1 is 1.04 bits per heavy atom. The number of carbonyl (C=O) groups excluding carboxylic acids is 2. The summed E-state index contributed by atoms with van der Waals surface area (Å²) < 4.78 is 5.11. The van der Waals surface area contributed by atoms with Crippen LogP contribution < -0.4 is 5.32 Å². The SMILES string of the molecule is CCc1ccccc1NC(=O)COC(=O)CSc1cccc2cccc(Cl)c12. The normalized spacial score (nSPS) is 10.6. The van der Waals surface area contributed by atoms with Gasteiger partial charge in [0, 0.05) is 21.0 Å². The number of fused-ring (bicyclic) bond motifs is 1. The summed E-state index contributed by atoms with van der Waals surface area (Å²) in [6.45, 7) is 1.70. The van der Waals surface area contributed by atoms with Crippen molar-refractivity contribution in [3.8, 4) is 0 Å². The molecule has 0 aliphatic heterocycles. The average molecular weight is 414 g/mol. The molecule has 1 N–H and O–H groups in total. The van der Waals surface area contributed by atoms with Gasteiger partial charge in [-0.1, -0.05) is 61.0 Å².